The quantitative estimate of drug-likeness (QED) is 0.311. The Hall–Kier alpha value is -2.37. The Labute approximate surface area is 136 Å². The van der Waals surface area contributed by atoms with Gasteiger partial charge in [-0.15, -0.1) is 0 Å². The maximum atomic E-state index is 11.3. The minimum atomic E-state index is -0.827. The largest absolute Gasteiger partial charge is 0.462 e. The van der Waals surface area contributed by atoms with Crippen LogP contribution in [0.15, 0.2) is 38.0 Å². The molecule has 0 fully saturated rings. The van der Waals surface area contributed by atoms with Crippen molar-refractivity contribution in [3.05, 3.63) is 38.0 Å². The van der Waals surface area contributed by atoms with Crippen LogP contribution in [0.25, 0.3) is 0 Å². The lowest BCUT2D eigenvalue weighted by atomic mass is 9.85. The summed E-state index contributed by atoms with van der Waals surface area (Å²) in [4.78, 5) is 34.0. The molecular weight excluding hydrogens is 300 g/mol. The second-order valence-corrected chi connectivity index (χ2v) is 5.04. The van der Waals surface area contributed by atoms with Crippen molar-refractivity contribution in [1.82, 2.24) is 0 Å². The van der Waals surface area contributed by atoms with Gasteiger partial charge in [0, 0.05) is 18.2 Å². The van der Waals surface area contributed by atoms with Crippen molar-refractivity contribution in [2.75, 3.05) is 19.8 Å². The van der Waals surface area contributed by atoms with Crippen molar-refractivity contribution in [1.29, 1.82) is 0 Å². The number of carbonyl (C=O) groups is 3. The van der Waals surface area contributed by atoms with Crippen LogP contribution in [0.3, 0.4) is 0 Å². The van der Waals surface area contributed by atoms with Crippen molar-refractivity contribution in [3.63, 3.8) is 0 Å². The average Bonchev–Trinajstić information content (AvgIpc) is 2.59. The molecule has 0 unspecified atom stereocenters. The molecule has 0 bridgehead atoms. The van der Waals surface area contributed by atoms with Gasteiger partial charge in [0.25, 0.3) is 0 Å². The van der Waals surface area contributed by atoms with Gasteiger partial charge in [0.15, 0.2) is 0 Å². The zero-order chi connectivity index (χ0) is 17.7. The predicted octanol–water partition coefficient (Wildman–Crippen LogP) is 2.35. The van der Waals surface area contributed by atoms with Crippen molar-refractivity contribution in [3.8, 4) is 0 Å². The number of hydrogen-bond acceptors (Lipinski definition) is 6. The van der Waals surface area contributed by atoms with Crippen molar-refractivity contribution < 1.29 is 28.6 Å². The molecule has 0 aromatic rings. The molecule has 23 heavy (non-hydrogen) atoms. The van der Waals surface area contributed by atoms with E-state index in [9.17, 15) is 14.4 Å². The molecule has 0 N–H and O–H groups in total. The maximum Gasteiger partial charge on any atom is 0.330 e. The van der Waals surface area contributed by atoms with Crippen LogP contribution >= 0.6 is 0 Å². The van der Waals surface area contributed by atoms with E-state index in [0.717, 1.165) is 31.1 Å². The third kappa shape index (κ3) is 8.60. The van der Waals surface area contributed by atoms with E-state index < -0.39 is 23.3 Å². The minimum absolute atomic E-state index is 0.0628. The van der Waals surface area contributed by atoms with E-state index >= 15 is 0 Å². The van der Waals surface area contributed by atoms with Crippen molar-refractivity contribution in [2.24, 2.45) is 5.41 Å². The third-order valence-corrected chi connectivity index (χ3v) is 3.12. The highest BCUT2D eigenvalue weighted by atomic mass is 16.6. The van der Waals surface area contributed by atoms with E-state index in [0.29, 0.717) is 6.42 Å². The van der Waals surface area contributed by atoms with Gasteiger partial charge in [0.2, 0.25) is 0 Å². The monoisotopic (exact) mass is 324 g/mol. The van der Waals surface area contributed by atoms with E-state index in [1.807, 2.05) is 6.92 Å². The lowest BCUT2D eigenvalue weighted by molar-refractivity contribution is -0.156. The van der Waals surface area contributed by atoms with Crippen LogP contribution in [0.2, 0.25) is 0 Å². The molecule has 0 aliphatic heterocycles. The van der Waals surface area contributed by atoms with Crippen LogP contribution in [0, 0.1) is 5.41 Å². The molecule has 0 saturated heterocycles. The smallest absolute Gasteiger partial charge is 0.330 e. The summed E-state index contributed by atoms with van der Waals surface area (Å²) >= 11 is 0. The molecule has 0 saturated carbocycles. The van der Waals surface area contributed by atoms with Gasteiger partial charge in [-0.05, 0) is 6.42 Å². The van der Waals surface area contributed by atoms with E-state index in [4.69, 9.17) is 14.2 Å². The number of ether oxygens (including phenoxy) is 3. The van der Waals surface area contributed by atoms with Gasteiger partial charge in [-0.2, -0.15) is 0 Å². The van der Waals surface area contributed by atoms with Gasteiger partial charge in [0.05, 0.1) is 5.41 Å². The summed E-state index contributed by atoms with van der Waals surface area (Å²) in [6, 6.07) is 0. The molecule has 0 aliphatic rings. The van der Waals surface area contributed by atoms with Gasteiger partial charge >= 0.3 is 17.9 Å². The van der Waals surface area contributed by atoms with Crippen LogP contribution in [-0.2, 0) is 28.6 Å². The molecular formula is C17H24O6. The summed E-state index contributed by atoms with van der Waals surface area (Å²) < 4.78 is 15.3. The molecule has 6 nitrogen and oxygen atoms in total. The number of rotatable bonds is 12. The molecule has 0 amide bonds. The average molecular weight is 324 g/mol. The minimum Gasteiger partial charge on any atom is -0.462 e. The highest BCUT2D eigenvalue weighted by molar-refractivity contribution is 5.82. The predicted molar refractivity (Wildman–Crippen MR) is 85.4 cm³/mol. The summed E-state index contributed by atoms with van der Waals surface area (Å²) in [5, 5.41) is 0. The van der Waals surface area contributed by atoms with E-state index in [1.54, 1.807) is 0 Å². The van der Waals surface area contributed by atoms with Crippen LogP contribution in [0.4, 0.5) is 0 Å². The lowest BCUT2D eigenvalue weighted by Gasteiger charge is -2.31. The van der Waals surface area contributed by atoms with Gasteiger partial charge < -0.3 is 14.2 Å². The Morgan fingerprint density at radius 2 is 1.17 bits per heavy atom. The number of unbranched alkanes of at least 4 members (excludes halogenated alkanes) is 1. The Bertz CT molecular complexity index is 392. The Morgan fingerprint density at radius 1 is 0.826 bits per heavy atom. The molecule has 6 heteroatoms. The zero-order valence-electron chi connectivity index (χ0n) is 13.5. The highest BCUT2D eigenvalue weighted by Crippen LogP contribution is 2.27. The van der Waals surface area contributed by atoms with Crippen LogP contribution in [-0.4, -0.2) is 37.7 Å². The number of esters is 3. The number of carbonyl (C=O) groups excluding carboxylic acids is 3. The summed E-state index contributed by atoms with van der Waals surface area (Å²) in [7, 11) is 0. The molecule has 0 rings (SSSR count). The first-order chi connectivity index (χ1) is 10.9. The standard InChI is InChI=1S/C17H24O6/c1-5-9-10-17(11-21-14(18)6-2,12-22-15(19)7-3)13-23-16(20)8-4/h6-8H,2-5,9-13H2,1H3. The fraction of sp³-hybridized carbons (Fsp3) is 0.471. The van der Waals surface area contributed by atoms with E-state index in [2.05, 4.69) is 19.7 Å². The molecule has 128 valence electrons. The Balaban J connectivity index is 5.12. The third-order valence-electron chi connectivity index (χ3n) is 3.12. The fourth-order valence-electron chi connectivity index (χ4n) is 1.74. The summed E-state index contributed by atoms with van der Waals surface area (Å²) in [5.41, 5.74) is -0.827. The first-order valence-corrected chi connectivity index (χ1v) is 7.30. The first-order valence-electron chi connectivity index (χ1n) is 7.30. The zero-order valence-corrected chi connectivity index (χ0v) is 13.5. The van der Waals surface area contributed by atoms with Gasteiger partial charge in [-0.25, -0.2) is 14.4 Å². The topological polar surface area (TPSA) is 78.9 Å². The van der Waals surface area contributed by atoms with Gasteiger partial charge in [-0.1, -0.05) is 39.5 Å². The maximum absolute atomic E-state index is 11.3. The van der Waals surface area contributed by atoms with Crippen LogP contribution in [0.1, 0.15) is 26.2 Å². The van der Waals surface area contributed by atoms with Crippen molar-refractivity contribution >= 4 is 17.9 Å². The summed E-state index contributed by atoms with van der Waals surface area (Å²) in [6.07, 6.45) is 5.32. The normalized spacial score (nSPS) is 10.3. The van der Waals surface area contributed by atoms with Crippen LogP contribution < -0.4 is 0 Å². The summed E-state index contributed by atoms with van der Waals surface area (Å²) in [6.45, 7) is 11.8. The van der Waals surface area contributed by atoms with E-state index in [-0.39, 0.29) is 19.8 Å². The molecule has 0 atom stereocenters. The van der Waals surface area contributed by atoms with Gasteiger partial charge in [-0.3, -0.25) is 0 Å². The second-order valence-electron chi connectivity index (χ2n) is 5.04. The van der Waals surface area contributed by atoms with Gasteiger partial charge in [0.1, 0.15) is 19.8 Å². The lowest BCUT2D eigenvalue weighted by Crippen LogP contribution is -2.39. The fourth-order valence-corrected chi connectivity index (χ4v) is 1.74. The molecule has 0 aromatic heterocycles. The number of hydrogen-bond donors (Lipinski definition) is 0. The molecule has 0 spiro atoms. The first kappa shape index (κ1) is 20.6. The van der Waals surface area contributed by atoms with Crippen LogP contribution in [0.5, 0.6) is 0 Å². The van der Waals surface area contributed by atoms with E-state index in [1.165, 1.54) is 0 Å². The molecule has 0 heterocycles. The SMILES string of the molecule is C=CC(=O)OCC(CCCC)(COC(=O)C=C)COC(=O)C=C. The Kier molecular flexibility index (Phi) is 10.1. The summed E-state index contributed by atoms with van der Waals surface area (Å²) in [5.74, 6) is -1.80. The highest BCUT2D eigenvalue weighted by Gasteiger charge is 2.34. The van der Waals surface area contributed by atoms with Crippen molar-refractivity contribution in [2.45, 2.75) is 26.2 Å². The molecule has 0 aliphatic carbocycles. The Morgan fingerprint density at radius 3 is 1.43 bits per heavy atom. The molecule has 0 radical (unpaired) electrons. The molecule has 0 aromatic carbocycles. The second kappa shape index (κ2) is 11.2.